The Morgan fingerprint density at radius 1 is 1.35 bits per heavy atom. The van der Waals surface area contributed by atoms with E-state index in [1.54, 1.807) is 6.07 Å². The van der Waals surface area contributed by atoms with Gasteiger partial charge in [0.2, 0.25) is 0 Å². The fourth-order valence-electron chi connectivity index (χ4n) is 2.43. The van der Waals surface area contributed by atoms with Gasteiger partial charge in [-0.25, -0.2) is 4.39 Å². The van der Waals surface area contributed by atoms with Crippen LogP contribution >= 0.6 is 12.6 Å². The highest BCUT2D eigenvalue weighted by Crippen LogP contribution is 2.39. The summed E-state index contributed by atoms with van der Waals surface area (Å²) >= 11 is 4.44. The molecule has 0 spiro atoms. The van der Waals surface area contributed by atoms with Gasteiger partial charge in [-0.05, 0) is 37.1 Å². The van der Waals surface area contributed by atoms with E-state index in [-0.39, 0.29) is 11.2 Å². The Bertz CT molecular complexity index is 386. The van der Waals surface area contributed by atoms with E-state index in [9.17, 15) is 4.39 Å². The molecule has 0 bridgehead atoms. The monoisotopic (exact) mass is 254 g/mol. The first-order valence-electron chi connectivity index (χ1n) is 6.15. The first-order chi connectivity index (χ1) is 8.15. The maximum Gasteiger partial charge on any atom is 0.126 e. The highest BCUT2D eigenvalue weighted by Gasteiger charge is 2.33. The average molecular weight is 254 g/mol. The van der Waals surface area contributed by atoms with Crippen molar-refractivity contribution in [2.45, 2.75) is 32.6 Å². The Kier molecular flexibility index (Phi) is 3.97. The largest absolute Gasteiger partial charge is 0.493 e. The fourth-order valence-corrected chi connectivity index (χ4v) is 2.84. The molecule has 1 aromatic rings. The summed E-state index contributed by atoms with van der Waals surface area (Å²) in [7, 11) is 0. The smallest absolute Gasteiger partial charge is 0.126 e. The van der Waals surface area contributed by atoms with E-state index in [1.165, 1.54) is 37.8 Å². The van der Waals surface area contributed by atoms with Gasteiger partial charge in [-0.15, -0.1) is 0 Å². The van der Waals surface area contributed by atoms with Crippen LogP contribution in [0, 0.1) is 18.2 Å². The summed E-state index contributed by atoms with van der Waals surface area (Å²) in [6.45, 7) is 2.59. The highest BCUT2D eigenvalue weighted by molar-refractivity contribution is 7.80. The van der Waals surface area contributed by atoms with Crippen LogP contribution in [-0.4, -0.2) is 12.4 Å². The fraction of sp³-hybridized carbons (Fsp3) is 0.571. The molecule has 1 aromatic carbocycles. The van der Waals surface area contributed by atoms with Crippen molar-refractivity contribution >= 4 is 12.6 Å². The van der Waals surface area contributed by atoms with Gasteiger partial charge in [0.1, 0.15) is 11.6 Å². The van der Waals surface area contributed by atoms with E-state index in [0.717, 1.165) is 11.3 Å². The molecule has 0 N–H and O–H groups in total. The number of halogens is 1. The summed E-state index contributed by atoms with van der Waals surface area (Å²) in [5.41, 5.74) is 1.18. The molecule has 0 radical (unpaired) electrons. The molecule has 94 valence electrons. The third-order valence-corrected chi connectivity index (χ3v) is 4.35. The van der Waals surface area contributed by atoms with Crippen LogP contribution < -0.4 is 4.74 Å². The molecule has 2 rings (SSSR count). The van der Waals surface area contributed by atoms with Crippen molar-refractivity contribution in [1.29, 1.82) is 0 Å². The molecule has 0 aliphatic heterocycles. The van der Waals surface area contributed by atoms with Crippen LogP contribution in [0.25, 0.3) is 0 Å². The minimum absolute atomic E-state index is 0.196. The lowest BCUT2D eigenvalue weighted by atomic mass is 9.90. The van der Waals surface area contributed by atoms with E-state index in [2.05, 4.69) is 12.6 Å². The van der Waals surface area contributed by atoms with Gasteiger partial charge in [0, 0.05) is 11.5 Å². The predicted octanol–water partition coefficient (Wildman–Crippen LogP) is 4.00. The number of hydrogen-bond acceptors (Lipinski definition) is 2. The van der Waals surface area contributed by atoms with Crippen molar-refractivity contribution in [3.05, 3.63) is 29.6 Å². The van der Waals surface area contributed by atoms with Crippen molar-refractivity contribution in [3.8, 4) is 5.75 Å². The molecule has 0 heterocycles. The molecule has 1 aliphatic carbocycles. The van der Waals surface area contributed by atoms with Gasteiger partial charge in [0.15, 0.2) is 0 Å². The molecule has 0 atom stereocenters. The van der Waals surface area contributed by atoms with Crippen LogP contribution in [-0.2, 0) is 0 Å². The number of rotatable bonds is 4. The lowest BCUT2D eigenvalue weighted by Gasteiger charge is -2.27. The molecular formula is C14H19FOS. The second kappa shape index (κ2) is 5.30. The van der Waals surface area contributed by atoms with Crippen molar-refractivity contribution in [2.75, 3.05) is 12.4 Å². The average Bonchev–Trinajstić information content (AvgIpc) is 2.80. The number of ether oxygens (including phenoxy) is 1. The summed E-state index contributed by atoms with van der Waals surface area (Å²) < 4.78 is 18.9. The quantitative estimate of drug-likeness (QED) is 0.799. The van der Waals surface area contributed by atoms with Gasteiger partial charge in [0.25, 0.3) is 0 Å². The van der Waals surface area contributed by atoms with Crippen LogP contribution in [0.2, 0.25) is 0 Å². The second-order valence-corrected chi connectivity index (χ2v) is 5.38. The SMILES string of the molecule is Cc1ccc(F)cc1OCC1(CS)CCCC1. The van der Waals surface area contributed by atoms with Crippen molar-refractivity contribution in [3.63, 3.8) is 0 Å². The summed E-state index contributed by atoms with van der Waals surface area (Å²) in [6.07, 6.45) is 4.85. The minimum Gasteiger partial charge on any atom is -0.493 e. The molecule has 0 amide bonds. The predicted molar refractivity (Wildman–Crippen MR) is 71.4 cm³/mol. The van der Waals surface area contributed by atoms with Gasteiger partial charge < -0.3 is 4.74 Å². The van der Waals surface area contributed by atoms with Gasteiger partial charge in [-0.1, -0.05) is 18.9 Å². The second-order valence-electron chi connectivity index (χ2n) is 5.06. The van der Waals surface area contributed by atoms with Gasteiger partial charge in [0.05, 0.1) is 6.61 Å². The molecular weight excluding hydrogens is 235 g/mol. The third-order valence-electron chi connectivity index (χ3n) is 3.68. The van der Waals surface area contributed by atoms with Crippen LogP contribution in [0.4, 0.5) is 4.39 Å². The number of aryl methyl sites for hydroxylation is 1. The number of benzene rings is 1. The summed E-state index contributed by atoms with van der Waals surface area (Å²) in [5, 5.41) is 0. The zero-order valence-corrected chi connectivity index (χ0v) is 11.1. The Morgan fingerprint density at radius 3 is 2.71 bits per heavy atom. The molecule has 1 fully saturated rings. The van der Waals surface area contributed by atoms with E-state index in [1.807, 2.05) is 6.92 Å². The van der Waals surface area contributed by atoms with Crippen molar-refractivity contribution < 1.29 is 9.13 Å². The molecule has 1 nitrogen and oxygen atoms in total. The van der Waals surface area contributed by atoms with E-state index >= 15 is 0 Å². The summed E-state index contributed by atoms with van der Waals surface area (Å²) in [6, 6.07) is 4.69. The topological polar surface area (TPSA) is 9.23 Å². The van der Waals surface area contributed by atoms with Crippen LogP contribution in [0.15, 0.2) is 18.2 Å². The molecule has 0 saturated heterocycles. The number of hydrogen-bond donors (Lipinski definition) is 1. The van der Waals surface area contributed by atoms with Crippen LogP contribution in [0.1, 0.15) is 31.2 Å². The van der Waals surface area contributed by atoms with Crippen molar-refractivity contribution in [1.82, 2.24) is 0 Å². The lowest BCUT2D eigenvalue weighted by molar-refractivity contribution is 0.172. The molecule has 17 heavy (non-hydrogen) atoms. The third kappa shape index (κ3) is 2.95. The van der Waals surface area contributed by atoms with Gasteiger partial charge in [-0.2, -0.15) is 12.6 Å². The minimum atomic E-state index is -0.239. The number of thiol groups is 1. The molecule has 0 unspecified atom stereocenters. The maximum absolute atomic E-state index is 13.1. The first-order valence-corrected chi connectivity index (χ1v) is 6.78. The van der Waals surface area contributed by atoms with E-state index < -0.39 is 0 Å². The standard InChI is InChI=1S/C14H19FOS/c1-11-4-5-12(15)8-13(11)16-9-14(10-17)6-2-3-7-14/h4-5,8,17H,2-3,6-7,9-10H2,1H3. The first kappa shape index (κ1) is 12.7. The van der Waals surface area contributed by atoms with Crippen LogP contribution in [0.3, 0.4) is 0 Å². The van der Waals surface area contributed by atoms with E-state index in [0.29, 0.717) is 12.4 Å². The maximum atomic E-state index is 13.1. The molecule has 1 saturated carbocycles. The van der Waals surface area contributed by atoms with Gasteiger partial charge >= 0.3 is 0 Å². The van der Waals surface area contributed by atoms with Gasteiger partial charge in [-0.3, -0.25) is 0 Å². The Hall–Kier alpha value is -0.700. The van der Waals surface area contributed by atoms with E-state index in [4.69, 9.17) is 4.74 Å². The lowest BCUT2D eigenvalue weighted by Crippen LogP contribution is -2.27. The van der Waals surface area contributed by atoms with Crippen LogP contribution in [0.5, 0.6) is 5.75 Å². The Balaban J connectivity index is 2.03. The highest BCUT2D eigenvalue weighted by atomic mass is 32.1. The molecule has 3 heteroatoms. The molecule has 1 aliphatic rings. The Morgan fingerprint density at radius 2 is 2.06 bits per heavy atom. The normalized spacial score (nSPS) is 18.3. The zero-order chi connectivity index (χ0) is 12.3. The van der Waals surface area contributed by atoms with Crippen molar-refractivity contribution in [2.24, 2.45) is 5.41 Å². The summed E-state index contributed by atoms with van der Waals surface area (Å²) in [4.78, 5) is 0. The zero-order valence-electron chi connectivity index (χ0n) is 10.2. The molecule has 0 aromatic heterocycles. The Labute approximate surface area is 108 Å². The summed E-state index contributed by atoms with van der Waals surface area (Å²) in [5.74, 6) is 1.27.